The van der Waals surface area contributed by atoms with Crippen molar-refractivity contribution in [2.24, 2.45) is 11.3 Å². The summed E-state index contributed by atoms with van der Waals surface area (Å²) in [6.45, 7) is 3.11. The van der Waals surface area contributed by atoms with Crippen LogP contribution in [0.3, 0.4) is 0 Å². The minimum absolute atomic E-state index is 0.0528. The molecule has 0 amide bonds. The summed E-state index contributed by atoms with van der Waals surface area (Å²) >= 11 is 0. The fourth-order valence-corrected chi connectivity index (χ4v) is 3.53. The van der Waals surface area contributed by atoms with E-state index in [-0.39, 0.29) is 11.9 Å². The maximum atomic E-state index is 11.6. The molecule has 1 aliphatic carbocycles. The third-order valence-electron chi connectivity index (χ3n) is 4.73. The number of esters is 1. The Morgan fingerprint density at radius 3 is 2.68 bits per heavy atom. The zero-order valence-corrected chi connectivity index (χ0v) is 11.6. The molecule has 1 saturated carbocycles. The van der Waals surface area contributed by atoms with Crippen LogP contribution in [0.15, 0.2) is 0 Å². The summed E-state index contributed by atoms with van der Waals surface area (Å²) < 4.78 is 16.5. The maximum Gasteiger partial charge on any atom is 0.305 e. The molecule has 0 bridgehead atoms. The highest BCUT2D eigenvalue weighted by molar-refractivity contribution is 5.69. The van der Waals surface area contributed by atoms with Gasteiger partial charge in [-0.3, -0.25) is 4.79 Å². The highest BCUT2D eigenvalue weighted by Crippen LogP contribution is 2.55. The fourth-order valence-electron chi connectivity index (χ4n) is 3.53. The van der Waals surface area contributed by atoms with Gasteiger partial charge >= 0.3 is 5.97 Å². The molecule has 5 nitrogen and oxygen atoms in total. The van der Waals surface area contributed by atoms with Crippen LogP contribution in [0.4, 0.5) is 0 Å². The molecule has 2 rings (SSSR count). The van der Waals surface area contributed by atoms with Crippen LogP contribution in [-0.4, -0.2) is 38.4 Å². The first-order valence-corrected chi connectivity index (χ1v) is 6.86. The molecule has 2 fully saturated rings. The Labute approximate surface area is 113 Å². The van der Waals surface area contributed by atoms with Gasteiger partial charge in [0.15, 0.2) is 5.79 Å². The van der Waals surface area contributed by atoms with Crippen molar-refractivity contribution in [1.82, 2.24) is 0 Å². The van der Waals surface area contributed by atoms with Crippen molar-refractivity contribution in [2.75, 3.05) is 20.3 Å². The topological polar surface area (TPSA) is 61.8 Å². The first kappa shape index (κ1) is 14.5. The molecule has 108 valence electrons. The zero-order chi connectivity index (χ0) is 13.9. The summed E-state index contributed by atoms with van der Waals surface area (Å²) in [4.78, 5) is 22.7. The van der Waals surface area contributed by atoms with Gasteiger partial charge in [-0.15, -0.1) is 0 Å². The Morgan fingerprint density at radius 1 is 1.42 bits per heavy atom. The molecule has 1 heterocycles. The van der Waals surface area contributed by atoms with Crippen LogP contribution in [0.2, 0.25) is 0 Å². The normalized spacial score (nSPS) is 33.3. The van der Waals surface area contributed by atoms with Crippen LogP contribution in [0, 0.1) is 11.3 Å². The summed E-state index contributed by atoms with van der Waals surface area (Å²) in [7, 11) is 1.39. The Balaban J connectivity index is 2.26. The van der Waals surface area contributed by atoms with Crippen LogP contribution >= 0.6 is 0 Å². The maximum absolute atomic E-state index is 11.6. The summed E-state index contributed by atoms with van der Waals surface area (Å²) in [5.74, 6) is -0.889. The van der Waals surface area contributed by atoms with Gasteiger partial charge in [-0.05, 0) is 18.8 Å². The summed E-state index contributed by atoms with van der Waals surface area (Å²) in [5.41, 5.74) is -0.461. The summed E-state index contributed by atoms with van der Waals surface area (Å²) in [6.07, 6.45) is 4.19. The predicted octanol–water partition coefficient (Wildman–Crippen LogP) is 1.69. The van der Waals surface area contributed by atoms with E-state index in [1.54, 1.807) is 0 Å². The number of carbonyl (C=O) groups excluding carboxylic acids is 2. The standard InChI is InChI=1S/C14H22O5/c1-13(6-7-15)11(10-12(16)17-2)4-3-5-14(13)18-8-9-19-14/h7,11H,3-6,8-10H2,1-2H3/t11-,13-/m1/s1. The Hall–Kier alpha value is -0.940. The van der Waals surface area contributed by atoms with E-state index in [0.29, 0.717) is 26.1 Å². The average molecular weight is 270 g/mol. The Morgan fingerprint density at radius 2 is 2.11 bits per heavy atom. The summed E-state index contributed by atoms with van der Waals surface area (Å²) in [6, 6.07) is 0. The van der Waals surface area contributed by atoms with E-state index in [4.69, 9.17) is 14.2 Å². The van der Waals surface area contributed by atoms with Gasteiger partial charge in [-0.1, -0.05) is 6.92 Å². The third-order valence-corrected chi connectivity index (χ3v) is 4.73. The molecule has 19 heavy (non-hydrogen) atoms. The van der Waals surface area contributed by atoms with Gasteiger partial charge in [0, 0.05) is 24.7 Å². The minimum Gasteiger partial charge on any atom is -0.469 e. The van der Waals surface area contributed by atoms with Crippen molar-refractivity contribution in [3.05, 3.63) is 0 Å². The molecule has 2 atom stereocenters. The van der Waals surface area contributed by atoms with Crippen molar-refractivity contribution < 1.29 is 23.8 Å². The SMILES string of the molecule is COC(=O)C[C@H]1CCCC2(OCCO2)[C@]1(C)CC=O. The number of aldehydes is 1. The number of methoxy groups -OCH3 is 1. The molecular weight excluding hydrogens is 248 g/mol. The predicted molar refractivity (Wildman–Crippen MR) is 67.4 cm³/mol. The first-order valence-electron chi connectivity index (χ1n) is 6.86. The Bertz CT molecular complexity index is 348. The van der Waals surface area contributed by atoms with Crippen LogP contribution in [0.25, 0.3) is 0 Å². The van der Waals surface area contributed by atoms with Gasteiger partial charge in [-0.25, -0.2) is 0 Å². The number of hydrogen-bond donors (Lipinski definition) is 0. The first-order chi connectivity index (χ1) is 9.08. The second-order valence-electron chi connectivity index (χ2n) is 5.61. The van der Waals surface area contributed by atoms with E-state index in [9.17, 15) is 9.59 Å². The molecule has 2 aliphatic rings. The summed E-state index contributed by atoms with van der Waals surface area (Å²) in [5, 5.41) is 0. The highest BCUT2D eigenvalue weighted by atomic mass is 16.7. The van der Waals surface area contributed by atoms with E-state index < -0.39 is 11.2 Å². The van der Waals surface area contributed by atoms with Crippen LogP contribution in [0.1, 0.15) is 39.0 Å². The van der Waals surface area contributed by atoms with Gasteiger partial charge in [-0.2, -0.15) is 0 Å². The lowest BCUT2D eigenvalue weighted by Gasteiger charge is -2.51. The molecule has 0 aromatic carbocycles. The van der Waals surface area contributed by atoms with Gasteiger partial charge in [0.05, 0.1) is 20.3 Å². The van der Waals surface area contributed by atoms with Crippen molar-refractivity contribution in [2.45, 2.75) is 44.8 Å². The highest BCUT2D eigenvalue weighted by Gasteiger charge is 2.58. The van der Waals surface area contributed by atoms with E-state index in [1.807, 2.05) is 6.92 Å². The van der Waals surface area contributed by atoms with E-state index in [2.05, 4.69) is 0 Å². The van der Waals surface area contributed by atoms with Crippen molar-refractivity contribution in [1.29, 1.82) is 0 Å². The van der Waals surface area contributed by atoms with Crippen LogP contribution in [0.5, 0.6) is 0 Å². The number of rotatable bonds is 4. The van der Waals surface area contributed by atoms with Gasteiger partial charge in [0.25, 0.3) is 0 Å². The molecule has 0 unspecified atom stereocenters. The molecule has 5 heteroatoms. The third kappa shape index (κ3) is 2.41. The fraction of sp³-hybridized carbons (Fsp3) is 0.857. The van der Waals surface area contributed by atoms with Crippen molar-refractivity contribution in [3.8, 4) is 0 Å². The molecule has 0 aromatic heterocycles. The average Bonchev–Trinajstić information content (AvgIpc) is 2.86. The van der Waals surface area contributed by atoms with Crippen LogP contribution in [-0.2, 0) is 23.8 Å². The second kappa shape index (κ2) is 5.59. The van der Waals surface area contributed by atoms with Crippen LogP contribution < -0.4 is 0 Å². The second-order valence-corrected chi connectivity index (χ2v) is 5.61. The lowest BCUT2D eigenvalue weighted by molar-refractivity contribution is -0.268. The molecular formula is C14H22O5. The number of carbonyl (C=O) groups is 2. The van der Waals surface area contributed by atoms with E-state index in [0.717, 1.165) is 25.5 Å². The minimum atomic E-state index is -0.704. The van der Waals surface area contributed by atoms with Gasteiger partial charge in [0.1, 0.15) is 6.29 Å². The van der Waals surface area contributed by atoms with Crippen molar-refractivity contribution in [3.63, 3.8) is 0 Å². The largest absolute Gasteiger partial charge is 0.469 e. The smallest absolute Gasteiger partial charge is 0.305 e. The molecule has 1 saturated heterocycles. The monoisotopic (exact) mass is 270 g/mol. The van der Waals surface area contributed by atoms with E-state index >= 15 is 0 Å². The lowest BCUT2D eigenvalue weighted by Crippen LogP contribution is -2.55. The zero-order valence-electron chi connectivity index (χ0n) is 11.6. The lowest BCUT2D eigenvalue weighted by atomic mass is 9.61. The molecule has 0 N–H and O–H groups in total. The molecule has 0 aromatic rings. The molecule has 1 spiro atoms. The van der Waals surface area contributed by atoms with Gasteiger partial charge in [0.2, 0.25) is 0 Å². The molecule has 0 radical (unpaired) electrons. The van der Waals surface area contributed by atoms with Gasteiger partial charge < -0.3 is 19.0 Å². The van der Waals surface area contributed by atoms with Crippen molar-refractivity contribution >= 4 is 12.3 Å². The quantitative estimate of drug-likeness (QED) is 0.574. The number of hydrogen-bond acceptors (Lipinski definition) is 5. The Kier molecular flexibility index (Phi) is 4.26. The molecule has 1 aliphatic heterocycles. The number of ether oxygens (including phenoxy) is 3. The van der Waals surface area contributed by atoms with E-state index in [1.165, 1.54) is 7.11 Å².